The van der Waals surface area contributed by atoms with Crippen molar-refractivity contribution in [2.75, 3.05) is 26.2 Å². The van der Waals surface area contributed by atoms with Gasteiger partial charge in [-0.1, -0.05) is 6.07 Å². The predicted molar refractivity (Wildman–Crippen MR) is 73.0 cm³/mol. The number of carbonyl (C=O) groups is 2. The number of likely N-dealkylation sites (N-methyl/N-ethyl adjacent to an activating group) is 1. The van der Waals surface area contributed by atoms with E-state index in [0.717, 1.165) is 12.2 Å². The number of piperazine rings is 1. The molecular formula is C14H18N4O2. The van der Waals surface area contributed by atoms with Gasteiger partial charge in [-0.15, -0.1) is 0 Å². The number of nitrogens with one attached hydrogen (secondary N) is 1. The van der Waals surface area contributed by atoms with Crippen LogP contribution in [-0.2, 0) is 11.2 Å². The third-order valence-electron chi connectivity index (χ3n) is 4.07. The first-order valence-corrected chi connectivity index (χ1v) is 6.93. The molecule has 6 nitrogen and oxygen atoms in total. The molecule has 1 unspecified atom stereocenters. The van der Waals surface area contributed by atoms with Crippen molar-refractivity contribution in [3.05, 3.63) is 30.1 Å². The molecule has 2 saturated heterocycles. The standard InChI is InChI=1S/C14H18N4O2/c1-2-17-12(19)14(9-11-5-3-4-6-16-11)10-15-7-8-18(14)13(17)20/h3-6,15H,2,7-10H2,1H3. The van der Waals surface area contributed by atoms with Crippen molar-refractivity contribution in [3.63, 3.8) is 0 Å². The average Bonchev–Trinajstić information content (AvgIpc) is 2.69. The Kier molecular flexibility index (Phi) is 3.17. The lowest BCUT2D eigenvalue weighted by Gasteiger charge is -2.39. The highest BCUT2D eigenvalue weighted by molar-refractivity contribution is 6.07. The van der Waals surface area contributed by atoms with Crippen LogP contribution in [0.4, 0.5) is 4.79 Å². The number of aromatic nitrogens is 1. The summed E-state index contributed by atoms with van der Waals surface area (Å²) in [6.45, 7) is 4.02. The summed E-state index contributed by atoms with van der Waals surface area (Å²) >= 11 is 0. The lowest BCUT2D eigenvalue weighted by Crippen LogP contribution is -2.63. The average molecular weight is 274 g/mol. The number of fused-ring (bicyclic) bond motifs is 1. The number of carbonyl (C=O) groups excluding carboxylic acids is 2. The number of hydrogen-bond acceptors (Lipinski definition) is 4. The van der Waals surface area contributed by atoms with E-state index in [4.69, 9.17) is 0 Å². The lowest BCUT2D eigenvalue weighted by molar-refractivity contribution is -0.133. The molecule has 106 valence electrons. The van der Waals surface area contributed by atoms with Crippen molar-refractivity contribution in [3.8, 4) is 0 Å². The maximum Gasteiger partial charge on any atom is 0.327 e. The minimum Gasteiger partial charge on any atom is -0.312 e. The van der Waals surface area contributed by atoms with Gasteiger partial charge in [-0.2, -0.15) is 0 Å². The number of amides is 3. The smallest absolute Gasteiger partial charge is 0.312 e. The number of urea groups is 1. The molecule has 0 aliphatic carbocycles. The van der Waals surface area contributed by atoms with Crippen LogP contribution < -0.4 is 5.32 Å². The van der Waals surface area contributed by atoms with Crippen LogP contribution in [0.3, 0.4) is 0 Å². The summed E-state index contributed by atoms with van der Waals surface area (Å²) in [5.41, 5.74) is 0.0278. The van der Waals surface area contributed by atoms with Crippen molar-refractivity contribution in [2.24, 2.45) is 0 Å². The fourth-order valence-electron chi connectivity index (χ4n) is 3.06. The molecule has 0 radical (unpaired) electrons. The molecule has 1 aromatic rings. The molecule has 2 aliphatic heterocycles. The summed E-state index contributed by atoms with van der Waals surface area (Å²) in [4.78, 5) is 32.4. The molecule has 3 rings (SSSR count). The van der Waals surface area contributed by atoms with Gasteiger partial charge in [0.15, 0.2) is 0 Å². The van der Waals surface area contributed by atoms with Crippen LogP contribution in [0.5, 0.6) is 0 Å². The zero-order valence-corrected chi connectivity index (χ0v) is 11.5. The summed E-state index contributed by atoms with van der Waals surface area (Å²) in [5, 5.41) is 3.24. The Labute approximate surface area is 117 Å². The van der Waals surface area contributed by atoms with E-state index in [1.807, 2.05) is 25.1 Å². The quantitative estimate of drug-likeness (QED) is 0.802. The highest BCUT2D eigenvalue weighted by atomic mass is 16.2. The van der Waals surface area contributed by atoms with E-state index in [0.29, 0.717) is 26.1 Å². The number of nitrogens with zero attached hydrogens (tertiary/aromatic N) is 3. The molecule has 1 atom stereocenters. The SMILES string of the molecule is CCN1C(=O)N2CCNCC2(Cc2ccccn2)C1=O. The molecule has 0 aromatic carbocycles. The third-order valence-corrected chi connectivity index (χ3v) is 4.07. The maximum atomic E-state index is 12.7. The van der Waals surface area contributed by atoms with Crippen molar-refractivity contribution in [1.29, 1.82) is 0 Å². The van der Waals surface area contributed by atoms with Crippen LogP contribution >= 0.6 is 0 Å². The van der Waals surface area contributed by atoms with E-state index in [9.17, 15) is 9.59 Å². The van der Waals surface area contributed by atoms with Gasteiger partial charge in [-0.05, 0) is 19.1 Å². The monoisotopic (exact) mass is 274 g/mol. The van der Waals surface area contributed by atoms with E-state index >= 15 is 0 Å². The summed E-state index contributed by atoms with van der Waals surface area (Å²) < 4.78 is 0. The fraction of sp³-hybridized carbons (Fsp3) is 0.500. The van der Waals surface area contributed by atoms with Crippen LogP contribution in [0, 0.1) is 0 Å². The molecule has 1 N–H and O–H groups in total. The van der Waals surface area contributed by atoms with Gasteiger partial charge < -0.3 is 10.2 Å². The first kappa shape index (κ1) is 13.1. The molecule has 0 spiro atoms. The van der Waals surface area contributed by atoms with Gasteiger partial charge >= 0.3 is 6.03 Å². The molecule has 0 bridgehead atoms. The van der Waals surface area contributed by atoms with Gasteiger partial charge in [0.05, 0.1) is 0 Å². The van der Waals surface area contributed by atoms with Gasteiger partial charge in [0.2, 0.25) is 0 Å². The second-order valence-electron chi connectivity index (χ2n) is 5.19. The van der Waals surface area contributed by atoms with Gasteiger partial charge in [0.25, 0.3) is 5.91 Å². The molecule has 3 amide bonds. The number of hydrogen-bond donors (Lipinski definition) is 1. The highest BCUT2D eigenvalue weighted by Crippen LogP contribution is 2.32. The first-order chi connectivity index (χ1) is 9.69. The topological polar surface area (TPSA) is 65.5 Å². The predicted octanol–water partition coefficient (Wildman–Crippen LogP) is 0.250. The Morgan fingerprint density at radius 2 is 2.25 bits per heavy atom. The molecule has 6 heteroatoms. The van der Waals surface area contributed by atoms with Crippen LogP contribution in [0.2, 0.25) is 0 Å². The molecular weight excluding hydrogens is 256 g/mol. The van der Waals surface area contributed by atoms with Gasteiger partial charge in [-0.25, -0.2) is 4.79 Å². The molecule has 20 heavy (non-hydrogen) atoms. The largest absolute Gasteiger partial charge is 0.327 e. The molecule has 1 aromatic heterocycles. The third kappa shape index (κ3) is 1.79. The van der Waals surface area contributed by atoms with Gasteiger partial charge in [0, 0.05) is 44.5 Å². The Morgan fingerprint density at radius 3 is 2.95 bits per heavy atom. The lowest BCUT2D eigenvalue weighted by atomic mass is 9.89. The first-order valence-electron chi connectivity index (χ1n) is 6.93. The van der Waals surface area contributed by atoms with Gasteiger partial charge in [-0.3, -0.25) is 14.7 Å². The van der Waals surface area contributed by atoms with E-state index in [1.165, 1.54) is 4.90 Å². The summed E-state index contributed by atoms with van der Waals surface area (Å²) in [6.07, 6.45) is 2.17. The fourth-order valence-corrected chi connectivity index (χ4v) is 3.06. The molecule has 2 aliphatic rings. The number of pyridine rings is 1. The van der Waals surface area contributed by atoms with Crippen LogP contribution in [0.25, 0.3) is 0 Å². The number of imide groups is 1. The van der Waals surface area contributed by atoms with Crippen molar-refractivity contribution in [1.82, 2.24) is 20.1 Å². The summed E-state index contributed by atoms with van der Waals surface area (Å²) in [7, 11) is 0. The van der Waals surface area contributed by atoms with Gasteiger partial charge in [0.1, 0.15) is 5.54 Å². The Morgan fingerprint density at radius 1 is 1.40 bits per heavy atom. The minimum absolute atomic E-state index is 0.108. The van der Waals surface area contributed by atoms with E-state index in [1.54, 1.807) is 11.1 Å². The van der Waals surface area contributed by atoms with Crippen molar-refractivity contribution < 1.29 is 9.59 Å². The van der Waals surface area contributed by atoms with Crippen molar-refractivity contribution in [2.45, 2.75) is 18.9 Å². The highest BCUT2D eigenvalue weighted by Gasteiger charge is 2.57. The second-order valence-corrected chi connectivity index (χ2v) is 5.19. The summed E-state index contributed by atoms with van der Waals surface area (Å²) in [6, 6.07) is 5.47. The van der Waals surface area contributed by atoms with Crippen molar-refractivity contribution >= 4 is 11.9 Å². The van der Waals surface area contributed by atoms with E-state index < -0.39 is 5.54 Å². The van der Waals surface area contributed by atoms with Crippen LogP contribution in [-0.4, -0.2) is 58.4 Å². The Balaban J connectivity index is 1.98. The normalized spacial score (nSPS) is 26.1. The van der Waals surface area contributed by atoms with E-state index in [2.05, 4.69) is 10.3 Å². The second kappa shape index (κ2) is 4.86. The van der Waals surface area contributed by atoms with E-state index in [-0.39, 0.29) is 11.9 Å². The van der Waals surface area contributed by atoms with Crippen LogP contribution in [0.15, 0.2) is 24.4 Å². The van der Waals surface area contributed by atoms with Crippen LogP contribution in [0.1, 0.15) is 12.6 Å². The Hall–Kier alpha value is -1.95. The summed E-state index contributed by atoms with van der Waals surface area (Å²) in [5.74, 6) is -0.108. The maximum absolute atomic E-state index is 12.7. The molecule has 2 fully saturated rings. The number of rotatable bonds is 3. The molecule has 3 heterocycles. The zero-order chi connectivity index (χ0) is 14.2. The zero-order valence-electron chi connectivity index (χ0n) is 11.5. The Bertz CT molecular complexity index is 533. The molecule has 0 saturated carbocycles. The minimum atomic E-state index is -0.806.